The monoisotopic (exact) mass is 290 g/mol. The van der Waals surface area contributed by atoms with Crippen LogP contribution in [0.1, 0.15) is 30.9 Å². The van der Waals surface area contributed by atoms with Crippen molar-refractivity contribution in [3.8, 4) is 6.07 Å². The van der Waals surface area contributed by atoms with Crippen LogP contribution in [0, 0.1) is 23.1 Å². The van der Waals surface area contributed by atoms with E-state index in [1.807, 2.05) is 13.0 Å². The van der Waals surface area contributed by atoms with Crippen LogP contribution in [0.4, 0.5) is 4.39 Å². The largest absolute Gasteiger partial charge is 0.466 e. The van der Waals surface area contributed by atoms with Crippen LogP contribution in [0.3, 0.4) is 0 Å². The maximum absolute atomic E-state index is 13.4. The van der Waals surface area contributed by atoms with Gasteiger partial charge in [-0.1, -0.05) is 0 Å². The van der Waals surface area contributed by atoms with E-state index in [1.54, 1.807) is 6.07 Å². The molecule has 1 aliphatic heterocycles. The highest BCUT2D eigenvalue weighted by Gasteiger charge is 2.25. The second-order valence-corrected chi connectivity index (χ2v) is 5.26. The first-order chi connectivity index (χ1) is 10.1. The third kappa shape index (κ3) is 4.27. The number of rotatable bonds is 4. The summed E-state index contributed by atoms with van der Waals surface area (Å²) in [6.07, 6.45) is 1.53. The van der Waals surface area contributed by atoms with Gasteiger partial charge in [0.1, 0.15) is 5.82 Å². The average molecular weight is 290 g/mol. The summed E-state index contributed by atoms with van der Waals surface area (Å²) in [4.78, 5) is 13.8. The molecule has 5 heteroatoms. The maximum atomic E-state index is 13.4. The Morgan fingerprint density at radius 2 is 2.14 bits per heavy atom. The van der Waals surface area contributed by atoms with E-state index in [2.05, 4.69) is 4.90 Å². The van der Waals surface area contributed by atoms with Gasteiger partial charge in [0.25, 0.3) is 0 Å². The molecule has 0 unspecified atom stereocenters. The molecule has 0 aliphatic carbocycles. The standard InChI is InChI=1S/C16H19FN2O2/c1-2-21-16(20)14-3-5-19(6-4-14)11-13-7-12(10-18)8-15(17)9-13/h7-9,14H,2-6,11H2,1H3. The number of nitrogens with zero attached hydrogens (tertiary/aromatic N) is 2. The minimum absolute atomic E-state index is 0.0246. The lowest BCUT2D eigenvalue weighted by molar-refractivity contribution is -0.149. The lowest BCUT2D eigenvalue weighted by Gasteiger charge is -2.30. The molecule has 1 heterocycles. The molecule has 2 rings (SSSR count). The van der Waals surface area contributed by atoms with E-state index in [4.69, 9.17) is 10.00 Å². The molecule has 0 bridgehead atoms. The van der Waals surface area contributed by atoms with E-state index in [0.717, 1.165) is 31.5 Å². The Labute approximate surface area is 124 Å². The SMILES string of the molecule is CCOC(=O)C1CCN(Cc2cc(F)cc(C#N)c2)CC1. The van der Waals surface area contributed by atoms with Gasteiger partial charge in [-0.05, 0) is 56.6 Å². The summed E-state index contributed by atoms with van der Waals surface area (Å²) in [6, 6.07) is 6.36. The zero-order chi connectivity index (χ0) is 15.2. The van der Waals surface area contributed by atoms with E-state index < -0.39 is 0 Å². The number of carbonyl (C=O) groups is 1. The van der Waals surface area contributed by atoms with Crippen LogP contribution < -0.4 is 0 Å². The molecule has 112 valence electrons. The van der Waals surface area contributed by atoms with Crippen molar-refractivity contribution in [3.63, 3.8) is 0 Å². The van der Waals surface area contributed by atoms with Crippen LogP contribution in [0.25, 0.3) is 0 Å². The van der Waals surface area contributed by atoms with Crippen LogP contribution in [0.5, 0.6) is 0 Å². The summed E-state index contributed by atoms with van der Waals surface area (Å²) >= 11 is 0. The Kier molecular flexibility index (Phi) is 5.29. The van der Waals surface area contributed by atoms with Gasteiger partial charge >= 0.3 is 5.97 Å². The number of ether oxygens (including phenoxy) is 1. The van der Waals surface area contributed by atoms with Crippen molar-refractivity contribution in [1.29, 1.82) is 5.26 Å². The van der Waals surface area contributed by atoms with Crippen LogP contribution in [0.15, 0.2) is 18.2 Å². The normalized spacial score (nSPS) is 16.4. The number of likely N-dealkylation sites (tertiary alicyclic amines) is 1. The van der Waals surface area contributed by atoms with Crippen LogP contribution >= 0.6 is 0 Å². The Morgan fingerprint density at radius 1 is 1.43 bits per heavy atom. The molecule has 1 aromatic rings. The van der Waals surface area contributed by atoms with E-state index >= 15 is 0 Å². The van der Waals surface area contributed by atoms with Gasteiger partial charge in [0.05, 0.1) is 24.2 Å². The summed E-state index contributed by atoms with van der Waals surface area (Å²) in [5.41, 5.74) is 1.13. The minimum atomic E-state index is -0.384. The zero-order valence-corrected chi connectivity index (χ0v) is 12.1. The molecule has 1 aromatic carbocycles. The van der Waals surface area contributed by atoms with Crippen molar-refractivity contribution in [2.45, 2.75) is 26.3 Å². The molecule has 1 saturated heterocycles. The molecule has 21 heavy (non-hydrogen) atoms. The van der Waals surface area contributed by atoms with Gasteiger partial charge in [-0.2, -0.15) is 5.26 Å². The van der Waals surface area contributed by atoms with E-state index in [-0.39, 0.29) is 17.7 Å². The van der Waals surface area contributed by atoms with E-state index in [0.29, 0.717) is 18.7 Å². The molecule has 0 atom stereocenters. The predicted octanol–water partition coefficient (Wildman–Crippen LogP) is 2.47. The highest BCUT2D eigenvalue weighted by Crippen LogP contribution is 2.21. The molecule has 0 aromatic heterocycles. The Balaban J connectivity index is 1.90. The Morgan fingerprint density at radius 3 is 2.76 bits per heavy atom. The molecule has 4 nitrogen and oxygen atoms in total. The molecule has 1 fully saturated rings. The summed E-state index contributed by atoms with van der Waals surface area (Å²) in [5, 5.41) is 8.86. The van der Waals surface area contributed by atoms with E-state index in [9.17, 15) is 9.18 Å². The summed E-state index contributed by atoms with van der Waals surface area (Å²) in [5.74, 6) is -0.525. The summed E-state index contributed by atoms with van der Waals surface area (Å²) in [7, 11) is 0. The quantitative estimate of drug-likeness (QED) is 0.799. The number of halogens is 1. The van der Waals surface area contributed by atoms with Gasteiger partial charge < -0.3 is 4.74 Å². The number of esters is 1. The number of carbonyl (C=O) groups excluding carboxylic acids is 1. The maximum Gasteiger partial charge on any atom is 0.309 e. The fraction of sp³-hybridized carbons (Fsp3) is 0.500. The first kappa shape index (κ1) is 15.5. The molecule has 1 aliphatic rings. The Bertz CT molecular complexity index is 546. The van der Waals surface area contributed by atoms with Gasteiger partial charge in [0.15, 0.2) is 0 Å². The first-order valence-corrected chi connectivity index (χ1v) is 7.21. The second-order valence-electron chi connectivity index (χ2n) is 5.26. The van der Waals surface area contributed by atoms with Crippen molar-refractivity contribution in [2.24, 2.45) is 5.92 Å². The Hall–Kier alpha value is -1.93. The van der Waals surface area contributed by atoms with Crippen LogP contribution in [0.2, 0.25) is 0 Å². The summed E-state index contributed by atoms with van der Waals surface area (Å²) in [6.45, 7) is 4.38. The fourth-order valence-electron chi connectivity index (χ4n) is 2.65. The lowest BCUT2D eigenvalue weighted by Crippen LogP contribution is -2.36. The van der Waals surface area contributed by atoms with Gasteiger partial charge in [-0.25, -0.2) is 4.39 Å². The molecular weight excluding hydrogens is 271 g/mol. The summed E-state index contributed by atoms with van der Waals surface area (Å²) < 4.78 is 18.4. The number of hydrogen-bond donors (Lipinski definition) is 0. The fourth-order valence-corrected chi connectivity index (χ4v) is 2.65. The lowest BCUT2D eigenvalue weighted by atomic mass is 9.96. The van der Waals surface area contributed by atoms with Gasteiger partial charge in [0, 0.05) is 6.54 Å². The number of hydrogen-bond acceptors (Lipinski definition) is 4. The van der Waals surface area contributed by atoms with Crippen molar-refractivity contribution < 1.29 is 13.9 Å². The van der Waals surface area contributed by atoms with E-state index in [1.165, 1.54) is 12.1 Å². The topological polar surface area (TPSA) is 53.3 Å². The predicted molar refractivity (Wildman–Crippen MR) is 75.7 cm³/mol. The highest BCUT2D eigenvalue weighted by atomic mass is 19.1. The van der Waals surface area contributed by atoms with Gasteiger partial charge in [-0.15, -0.1) is 0 Å². The molecule has 0 amide bonds. The van der Waals surface area contributed by atoms with Crippen molar-refractivity contribution in [1.82, 2.24) is 4.90 Å². The highest BCUT2D eigenvalue weighted by molar-refractivity contribution is 5.72. The first-order valence-electron chi connectivity index (χ1n) is 7.21. The third-order valence-corrected chi connectivity index (χ3v) is 3.70. The zero-order valence-electron chi connectivity index (χ0n) is 12.1. The average Bonchev–Trinajstić information content (AvgIpc) is 2.47. The number of nitriles is 1. The molecule has 0 saturated carbocycles. The van der Waals surface area contributed by atoms with Gasteiger partial charge in [0.2, 0.25) is 0 Å². The van der Waals surface area contributed by atoms with Crippen molar-refractivity contribution in [2.75, 3.05) is 19.7 Å². The molecule has 0 N–H and O–H groups in total. The van der Waals surface area contributed by atoms with Crippen LogP contribution in [-0.4, -0.2) is 30.6 Å². The van der Waals surface area contributed by atoms with Gasteiger partial charge in [-0.3, -0.25) is 9.69 Å². The minimum Gasteiger partial charge on any atom is -0.466 e. The molecule has 0 spiro atoms. The molecular formula is C16H19FN2O2. The molecule has 0 radical (unpaired) electrons. The van der Waals surface area contributed by atoms with Crippen LogP contribution in [-0.2, 0) is 16.1 Å². The number of benzene rings is 1. The third-order valence-electron chi connectivity index (χ3n) is 3.70. The smallest absolute Gasteiger partial charge is 0.309 e. The van der Waals surface area contributed by atoms with Crippen molar-refractivity contribution >= 4 is 5.97 Å². The number of piperidine rings is 1. The van der Waals surface area contributed by atoms with Crippen molar-refractivity contribution in [3.05, 3.63) is 35.1 Å². The second kappa shape index (κ2) is 7.19.